The highest BCUT2D eigenvalue weighted by molar-refractivity contribution is 5.03. The van der Waals surface area contributed by atoms with E-state index in [0.717, 1.165) is 17.8 Å². The largest absolute Gasteiger partial charge is 0.302 e. The Morgan fingerprint density at radius 3 is 2.36 bits per heavy atom. The van der Waals surface area contributed by atoms with E-state index in [1.54, 1.807) is 0 Å². The molecule has 3 atom stereocenters. The zero-order valence-electron chi connectivity index (χ0n) is 8.82. The van der Waals surface area contributed by atoms with Crippen molar-refractivity contribution in [3.8, 4) is 6.07 Å². The molecule has 0 spiro atoms. The van der Waals surface area contributed by atoms with E-state index in [1.165, 1.54) is 32.5 Å². The highest BCUT2D eigenvalue weighted by Gasteiger charge is 2.48. The van der Waals surface area contributed by atoms with Crippen LogP contribution in [0.25, 0.3) is 0 Å². The highest BCUT2D eigenvalue weighted by atomic mass is 15.2. The maximum Gasteiger partial charge on any atom is 0.0656 e. The molecule has 1 aliphatic carbocycles. The second kappa shape index (κ2) is 2.97. The number of nitrogens with zero attached hydrogens (tertiary/aromatic N) is 2. The van der Waals surface area contributed by atoms with Crippen LogP contribution in [0.1, 0.15) is 19.8 Å². The summed E-state index contributed by atoms with van der Waals surface area (Å²) in [6.07, 6.45) is 2.81. The van der Waals surface area contributed by atoms with Gasteiger partial charge in [-0.3, -0.25) is 0 Å². The average molecular weight is 190 g/mol. The van der Waals surface area contributed by atoms with Crippen molar-refractivity contribution < 1.29 is 0 Å². The summed E-state index contributed by atoms with van der Waals surface area (Å²) in [6, 6.07) is 2.47. The third kappa shape index (κ3) is 1.12. The first-order valence-corrected chi connectivity index (χ1v) is 5.90. The SMILES string of the molecule is CC(C#N)C1C2CC3CC1CN(C3)C2. The van der Waals surface area contributed by atoms with E-state index in [4.69, 9.17) is 5.26 Å². The minimum Gasteiger partial charge on any atom is -0.302 e. The predicted octanol–water partition coefficient (Wildman–Crippen LogP) is 1.73. The maximum absolute atomic E-state index is 9.06. The van der Waals surface area contributed by atoms with E-state index >= 15 is 0 Å². The molecular formula is C12H18N2. The Hall–Kier alpha value is -0.550. The second-order valence-corrected chi connectivity index (χ2v) is 5.57. The average Bonchev–Trinajstić information content (AvgIpc) is 2.15. The fraction of sp³-hybridized carbons (Fsp3) is 0.917. The molecule has 2 nitrogen and oxygen atoms in total. The van der Waals surface area contributed by atoms with Crippen LogP contribution in [0.4, 0.5) is 0 Å². The van der Waals surface area contributed by atoms with Crippen molar-refractivity contribution in [1.29, 1.82) is 5.26 Å². The third-order valence-electron chi connectivity index (χ3n) is 4.64. The molecule has 0 aromatic heterocycles. The Morgan fingerprint density at radius 1 is 1.21 bits per heavy atom. The van der Waals surface area contributed by atoms with Crippen LogP contribution < -0.4 is 0 Å². The van der Waals surface area contributed by atoms with Gasteiger partial charge in [0.15, 0.2) is 0 Å². The number of nitriles is 1. The molecule has 3 unspecified atom stereocenters. The smallest absolute Gasteiger partial charge is 0.0656 e. The van der Waals surface area contributed by atoms with Gasteiger partial charge in [0.2, 0.25) is 0 Å². The summed E-state index contributed by atoms with van der Waals surface area (Å²) in [5, 5.41) is 9.06. The quantitative estimate of drug-likeness (QED) is 0.629. The van der Waals surface area contributed by atoms with Gasteiger partial charge in [0.1, 0.15) is 0 Å². The van der Waals surface area contributed by atoms with Crippen LogP contribution in [-0.2, 0) is 0 Å². The molecule has 14 heavy (non-hydrogen) atoms. The van der Waals surface area contributed by atoms with Gasteiger partial charge in [-0.2, -0.15) is 5.26 Å². The Morgan fingerprint density at radius 2 is 1.86 bits per heavy atom. The first kappa shape index (κ1) is 8.73. The van der Waals surface area contributed by atoms with Crippen molar-refractivity contribution >= 4 is 0 Å². The van der Waals surface area contributed by atoms with Gasteiger partial charge in [0, 0.05) is 25.6 Å². The summed E-state index contributed by atoms with van der Waals surface area (Å²) in [5.74, 6) is 3.65. The molecule has 4 fully saturated rings. The lowest BCUT2D eigenvalue weighted by molar-refractivity contribution is -0.0749. The molecule has 4 bridgehead atoms. The monoisotopic (exact) mass is 190 g/mol. The van der Waals surface area contributed by atoms with Crippen LogP contribution in [0, 0.1) is 40.9 Å². The summed E-state index contributed by atoms with van der Waals surface area (Å²) < 4.78 is 0. The van der Waals surface area contributed by atoms with Crippen molar-refractivity contribution in [1.82, 2.24) is 4.90 Å². The van der Waals surface area contributed by atoms with Gasteiger partial charge < -0.3 is 4.90 Å². The van der Waals surface area contributed by atoms with E-state index in [0.29, 0.717) is 5.92 Å². The summed E-state index contributed by atoms with van der Waals surface area (Å²) in [4.78, 5) is 2.63. The summed E-state index contributed by atoms with van der Waals surface area (Å²) in [5.41, 5.74) is 0. The number of hydrogen-bond acceptors (Lipinski definition) is 2. The topological polar surface area (TPSA) is 27.0 Å². The van der Waals surface area contributed by atoms with Crippen LogP contribution in [0.15, 0.2) is 0 Å². The fourth-order valence-corrected chi connectivity index (χ4v) is 4.35. The van der Waals surface area contributed by atoms with Gasteiger partial charge in [-0.25, -0.2) is 0 Å². The summed E-state index contributed by atoms with van der Waals surface area (Å²) in [6.45, 7) is 6.04. The summed E-state index contributed by atoms with van der Waals surface area (Å²) in [7, 11) is 0. The first-order valence-electron chi connectivity index (χ1n) is 5.90. The normalized spacial score (nSPS) is 51.6. The molecule has 3 heterocycles. The minimum absolute atomic E-state index is 0.284. The van der Waals surface area contributed by atoms with Crippen LogP contribution in [0.3, 0.4) is 0 Å². The molecule has 0 aromatic carbocycles. The Bertz CT molecular complexity index is 251. The van der Waals surface area contributed by atoms with Crippen LogP contribution in [-0.4, -0.2) is 24.5 Å². The number of hydrogen-bond donors (Lipinski definition) is 0. The zero-order chi connectivity index (χ0) is 9.71. The zero-order valence-corrected chi connectivity index (χ0v) is 8.82. The van der Waals surface area contributed by atoms with Crippen LogP contribution in [0.5, 0.6) is 0 Å². The van der Waals surface area contributed by atoms with Gasteiger partial charge in [-0.15, -0.1) is 0 Å². The van der Waals surface area contributed by atoms with E-state index in [2.05, 4.69) is 17.9 Å². The molecule has 4 rings (SSSR count). The van der Waals surface area contributed by atoms with E-state index in [1.807, 2.05) is 0 Å². The van der Waals surface area contributed by atoms with Crippen LogP contribution in [0.2, 0.25) is 0 Å². The third-order valence-corrected chi connectivity index (χ3v) is 4.64. The number of piperidine rings is 3. The van der Waals surface area contributed by atoms with E-state index in [-0.39, 0.29) is 5.92 Å². The molecule has 76 valence electrons. The van der Waals surface area contributed by atoms with Crippen molar-refractivity contribution in [3.63, 3.8) is 0 Å². The lowest BCUT2D eigenvalue weighted by Crippen LogP contribution is -2.58. The predicted molar refractivity (Wildman–Crippen MR) is 54.4 cm³/mol. The molecular weight excluding hydrogens is 172 g/mol. The fourth-order valence-electron chi connectivity index (χ4n) is 4.35. The van der Waals surface area contributed by atoms with Gasteiger partial charge in [0.05, 0.1) is 6.07 Å². The molecule has 4 aliphatic rings. The maximum atomic E-state index is 9.06. The second-order valence-electron chi connectivity index (χ2n) is 5.57. The molecule has 1 saturated carbocycles. The molecule has 0 N–H and O–H groups in total. The van der Waals surface area contributed by atoms with E-state index in [9.17, 15) is 0 Å². The Kier molecular flexibility index (Phi) is 1.85. The van der Waals surface area contributed by atoms with Gasteiger partial charge >= 0.3 is 0 Å². The molecule has 0 aromatic rings. The first-order chi connectivity index (χ1) is 6.78. The van der Waals surface area contributed by atoms with Gasteiger partial charge in [0.25, 0.3) is 0 Å². The molecule has 3 aliphatic heterocycles. The lowest BCUT2D eigenvalue weighted by Gasteiger charge is -2.56. The highest BCUT2D eigenvalue weighted by Crippen LogP contribution is 2.49. The van der Waals surface area contributed by atoms with Crippen molar-refractivity contribution in [2.24, 2.45) is 29.6 Å². The van der Waals surface area contributed by atoms with Crippen molar-refractivity contribution in [3.05, 3.63) is 0 Å². The van der Waals surface area contributed by atoms with E-state index < -0.39 is 0 Å². The molecule has 2 heteroatoms. The van der Waals surface area contributed by atoms with Gasteiger partial charge in [-0.1, -0.05) is 0 Å². The lowest BCUT2D eigenvalue weighted by atomic mass is 9.59. The standard InChI is InChI=1S/C12H18N2/c1-8(4-13)12-10-2-9-3-11(12)7-14(5-9)6-10/h8-12H,2-3,5-7H2,1H3. The van der Waals surface area contributed by atoms with Crippen molar-refractivity contribution in [2.45, 2.75) is 19.8 Å². The number of rotatable bonds is 1. The molecule has 3 saturated heterocycles. The van der Waals surface area contributed by atoms with Crippen molar-refractivity contribution in [2.75, 3.05) is 19.6 Å². The molecule has 0 radical (unpaired) electrons. The Balaban J connectivity index is 1.85. The summed E-state index contributed by atoms with van der Waals surface area (Å²) >= 11 is 0. The Labute approximate surface area is 85.9 Å². The minimum atomic E-state index is 0.284. The molecule has 0 amide bonds. The van der Waals surface area contributed by atoms with Gasteiger partial charge in [-0.05, 0) is 43.4 Å². The van der Waals surface area contributed by atoms with Crippen LogP contribution >= 0.6 is 0 Å².